The third-order valence-electron chi connectivity index (χ3n) is 4.32. The van der Waals surface area contributed by atoms with Gasteiger partial charge in [-0.25, -0.2) is 4.98 Å². The molecular weight excluding hydrogens is 268 g/mol. The van der Waals surface area contributed by atoms with E-state index in [1.165, 1.54) is 30.7 Å². The first-order valence-corrected chi connectivity index (χ1v) is 8.82. The first kappa shape index (κ1) is 15.9. The molecule has 1 saturated carbocycles. The van der Waals surface area contributed by atoms with Crippen LogP contribution < -0.4 is 5.32 Å². The van der Waals surface area contributed by atoms with Gasteiger partial charge in [-0.2, -0.15) is 0 Å². The minimum absolute atomic E-state index is 0.435. The fraction of sp³-hybridized carbons (Fsp3) is 0.812. The molecule has 4 heteroatoms. The summed E-state index contributed by atoms with van der Waals surface area (Å²) in [5.74, 6) is 1.64. The molecule has 1 N–H and O–H groups in total. The Hall–Kier alpha value is -0.450. The lowest BCUT2D eigenvalue weighted by Gasteiger charge is -2.31. The number of rotatable bonds is 7. The van der Waals surface area contributed by atoms with Gasteiger partial charge in [0.05, 0.1) is 18.4 Å². The summed E-state index contributed by atoms with van der Waals surface area (Å²) in [5, 5.41) is 6.69. The maximum Gasteiger partial charge on any atom is 0.107 e. The van der Waals surface area contributed by atoms with E-state index in [1.54, 1.807) is 11.3 Å². The standard InChI is InChI=1S/C16H28N2OS/c1-4-7-17-9-16-18-14(11-20-16)10-19-15-6-5-12(2)13(3)8-15/h11-13,15,17H,4-10H2,1-3H3. The van der Waals surface area contributed by atoms with Gasteiger partial charge in [0, 0.05) is 11.9 Å². The molecule has 1 aromatic rings. The highest BCUT2D eigenvalue weighted by molar-refractivity contribution is 7.09. The molecule has 1 aliphatic carbocycles. The summed E-state index contributed by atoms with van der Waals surface area (Å²) in [4.78, 5) is 4.63. The molecule has 0 saturated heterocycles. The molecule has 1 aliphatic rings. The van der Waals surface area contributed by atoms with E-state index >= 15 is 0 Å². The van der Waals surface area contributed by atoms with E-state index in [2.05, 4.69) is 36.5 Å². The average molecular weight is 296 g/mol. The van der Waals surface area contributed by atoms with Gasteiger partial charge >= 0.3 is 0 Å². The van der Waals surface area contributed by atoms with E-state index in [0.717, 1.165) is 30.6 Å². The molecule has 3 nitrogen and oxygen atoms in total. The summed E-state index contributed by atoms with van der Waals surface area (Å²) in [6.07, 6.45) is 5.32. The fourth-order valence-corrected chi connectivity index (χ4v) is 3.47. The van der Waals surface area contributed by atoms with Crippen molar-refractivity contribution in [3.63, 3.8) is 0 Å². The molecule has 3 unspecified atom stereocenters. The van der Waals surface area contributed by atoms with Crippen molar-refractivity contribution < 1.29 is 4.74 Å². The lowest BCUT2D eigenvalue weighted by atomic mass is 9.80. The highest BCUT2D eigenvalue weighted by Gasteiger charge is 2.25. The summed E-state index contributed by atoms with van der Waals surface area (Å²) in [6.45, 7) is 9.51. The Bertz CT molecular complexity index is 394. The predicted octanol–water partition coefficient (Wildman–Crippen LogP) is 3.98. The van der Waals surface area contributed by atoms with Gasteiger partial charge in [-0.05, 0) is 44.1 Å². The van der Waals surface area contributed by atoms with Crippen molar-refractivity contribution in [2.24, 2.45) is 11.8 Å². The smallest absolute Gasteiger partial charge is 0.107 e. The third-order valence-corrected chi connectivity index (χ3v) is 5.22. The first-order valence-electron chi connectivity index (χ1n) is 7.94. The van der Waals surface area contributed by atoms with Crippen molar-refractivity contribution >= 4 is 11.3 Å². The molecule has 0 bridgehead atoms. The summed E-state index contributed by atoms with van der Waals surface area (Å²) < 4.78 is 6.05. The predicted molar refractivity (Wildman–Crippen MR) is 84.9 cm³/mol. The van der Waals surface area contributed by atoms with Crippen molar-refractivity contribution in [2.45, 2.75) is 65.7 Å². The second-order valence-corrected chi connectivity index (χ2v) is 7.05. The second kappa shape index (κ2) is 8.11. The van der Waals surface area contributed by atoms with Gasteiger partial charge in [0.25, 0.3) is 0 Å². The Labute approximate surface area is 127 Å². The molecule has 1 fully saturated rings. The summed E-state index contributed by atoms with van der Waals surface area (Å²) in [6, 6.07) is 0. The summed E-state index contributed by atoms with van der Waals surface area (Å²) in [7, 11) is 0. The highest BCUT2D eigenvalue weighted by Crippen LogP contribution is 2.31. The second-order valence-electron chi connectivity index (χ2n) is 6.11. The largest absolute Gasteiger partial charge is 0.372 e. The van der Waals surface area contributed by atoms with Crippen molar-refractivity contribution in [2.75, 3.05) is 6.54 Å². The average Bonchev–Trinajstić information content (AvgIpc) is 2.88. The van der Waals surface area contributed by atoms with Gasteiger partial charge in [0.15, 0.2) is 0 Å². The van der Waals surface area contributed by atoms with E-state index in [4.69, 9.17) is 4.74 Å². The molecule has 0 amide bonds. The molecule has 1 heterocycles. The SMILES string of the molecule is CCCNCc1nc(COC2CCC(C)C(C)C2)cs1. The van der Waals surface area contributed by atoms with Crippen LogP contribution in [-0.4, -0.2) is 17.6 Å². The van der Waals surface area contributed by atoms with Crippen molar-refractivity contribution in [1.82, 2.24) is 10.3 Å². The van der Waals surface area contributed by atoms with Crippen LogP contribution in [0.5, 0.6) is 0 Å². The van der Waals surface area contributed by atoms with E-state index < -0.39 is 0 Å². The molecule has 0 spiro atoms. The number of aromatic nitrogens is 1. The number of ether oxygens (including phenoxy) is 1. The first-order chi connectivity index (χ1) is 9.69. The van der Waals surface area contributed by atoms with Crippen LogP contribution in [-0.2, 0) is 17.9 Å². The molecular formula is C16H28N2OS. The Morgan fingerprint density at radius 1 is 1.35 bits per heavy atom. The number of hydrogen-bond donors (Lipinski definition) is 1. The number of nitrogens with one attached hydrogen (secondary N) is 1. The number of thiazole rings is 1. The molecule has 1 aromatic heterocycles. The molecule has 0 aromatic carbocycles. The van der Waals surface area contributed by atoms with Crippen LogP contribution in [0.2, 0.25) is 0 Å². The molecule has 114 valence electrons. The molecule has 0 aliphatic heterocycles. The molecule has 2 rings (SSSR count). The Kier molecular flexibility index (Phi) is 6.46. The lowest BCUT2D eigenvalue weighted by molar-refractivity contribution is -0.00861. The molecule has 0 radical (unpaired) electrons. The highest BCUT2D eigenvalue weighted by atomic mass is 32.1. The number of hydrogen-bond acceptors (Lipinski definition) is 4. The molecule has 3 atom stereocenters. The zero-order valence-corrected chi connectivity index (χ0v) is 13.8. The Morgan fingerprint density at radius 2 is 2.20 bits per heavy atom. The van der Waals surface area contributed by atoms with Crippen LogP contribution in [0.15, 0.2) is 5.38 Å². The van der Waals surface area contributed by atoms with Gasteiger partial charge in [-0.3, -0.25) is 0 Å². The van der Waals surface area contributed by atoms with Gasteiger partial charge in [0.2, 0.25) is 0 Å². The monoisotopic (exact) mass is 296 g/mol. The summed E-state index contributed by atoms with van der Waals surface area (Å²) in [5.41, 5.74) is 1.09. The van der Waals surface area contributed by atoms with E-state index in [0.29, 0.717) is 12.7 Å². The minimum atomic E-state index is 0.435. The zero-order chi connectivity index (χ0) is 14.4. The van der Waals surface area contributed by atoms with Crippen LogP contribution in [0.1, 0.15) is 57.2 Å². The van der Waals surface area contributed by atoms with Crippen LogP contribution in [0, 0.1) is 11.8 Å². The fourth-order valence-electron chi connectivity index (χ4n) is 2.72. The number of nitrogens with zero attached hydrogens (tertiary/aromatic N) is 1. The maximum atomic E-state index is 6.05. The topological polar surface area (TPSA) is 34.2 Å². The van der Waals surface area contributed by atoms with Gasteiger partial charge < -0.3 is 10.1 Å². The lowest BCUT2D eigenvalue weighted by Crippen LogP contribution is -2.26. The normalized spacial score (nSPS) is 26.9. The Morgan fingerprint density at radius 3 is 2.95 bits per heavy atom. The van der Waals surface area contributed by atoms with Crippen LogP contribution >= 0.6 is 11.3 Å². The van der Waals surface area contributed by atoms with Crippen molar-refractivity contribution in [1.29, 1.82) is 0 Å². The summed E-state index contributed by atoms with van der Waals surface area (Å²) >= 11 is 1.73. The maximum absolute atomic E-state index is 6.05. The third kappa shape index (κ3) is 4.83. The van der Waals surface area contributed by atoms with Gasteiger partial charge in [-0.1, -0.05) is 20.8 Å². The van der Waals surface area contributed by atoms with Crippen molar-refractivity contribution in [3.8, 4) is 0 Å². The molecule has 20 heavy (non-hydrogen) atoms. The van der Waals surface area contributed by atoms with E-state index in [-0.39, 0.29) is 0 Å². The van der Waals surface area contributed by atoms with Gasteiger partial charge in [0.1, 0.15) is 5.01 Å². The van der Waals surface area contributed by atoms with Crippen LogP contribution in [0.25, 0.3) is 0 Å². The Balaban J connectivity index is 1.71. The van der Waals surface area contributed by atoms with Crippen LogP contribution in [0.3, 0.4) is 0 Å². The zero-order valence-electron chi connectivity index (χ0n) is 13.0. The minimum Gasteiger partial charge on any atom is -0.372 e. The van der Waals surface area contributed by atoms with E-state index in [1.807, 2.05) is 0 Å². The van der Waals surface area contributed by atoms with E-state index in [9.17, 15) is 0 Å². The quantitative estimate of drug-likeness (QED) is 0.773. The van der Waals surface area contributed by atoms with Gasteiger partial charge in [-0.15, -0.1) is 11.3 Å². The van der Waals surface area contributed by atoms with Crippen LogP contribution in [0.4, 0.5) is 0 Å². The van der Waals surface area contributed by atoms with Crippen molar-refractivity contribution in [3.05, 3.63) is 16.1 Å².